The second kappa shape index (κ2) is 8.95. The normalized spacial score (nSPS) is 14.0. The van der Waals surface area contributed by atoms with Crippen molar-refractivity contribution in [3.63, 3.8) is 0 Å². The van der Waals surface area contributed by atoms with Gasteiger partial charge in [-0.3, -0.25) is 5.32 Å². The number of allylic oxidation sites excluding steroid dienone is 1. The van der Waals surface area contributed by atoms with Gasteiger partial charge in [-0.05, 0) is 32.3 Å². The number of nitrogens with zero attached hydrogens (tertiary/aromatic N) is 1. The smallest absolute Gasteiger partial charge is 0.320 e. The average Bonchev–Trinajstić information content (AvgIpc) is 2.29. The SMILES string of the molecule is CC.CCCNC(=O)NC1=CCCC(C)=N1. The van der Waals surface area contributed by atoms with Crippen molar-refractivity contribution in [3.8, 4) is 0 Å². The van der Waals surface area contributed by atoms with Crippen LogP contribution in [0.25, 0.3) is 0 Å². The first-order valence-corrected chi connectivity index (χ1v) is 6.01. The number of nitrogens with one attached hydrogen (secondary N) is 2. The standard InChI is InChI=1S/C10H17N3O.C2H6/c1-3-7-11-10(14)13-9-6-4-5-8(2)12-9;1-2/h6H,3-5,7H2,1-2H3,(H2,11,13,14);1-2H3. The highest BCUT2D eigenvalue weighted by molar-refractivity contribution is 5.85. The molecule has 0 aliphatic carbocycles. The highest BCUT2D eigenvalue weighted by atomic mass is 16.2. The molecule has 1 heterocycles. The molecule has 0 saturated heterocycles. The largest absolute Gasteiger partial charge is 0.338 e. The first kappa shape index (κ1) is 14.7. The van der Waals surface area contributed by atoms with E-state index in [-0.39, 0.29) is 6.03 Å². The fourth-order valence-electron chi connectivity index (χ4n) is 1.20. The van der Waals surface area contributed by atoms with E-state index in [1.165, 1.54) is 0 Å². The molecule has 1 aliphatic rings. The molecule has 0 spiro atoms. The summed E-state index contributed by atoms with van der Waals surface area (Å²) in [6, 6.07) is -0.170. The Labute approximate surface area is 98.2 Å². The van der Waals surface area contributed by atoms with E-state index in [9.17, 15) is 4.79 Å². The van der Waals surface area contributed by atoms with E-state index in [4.69, 9.17) is 0 Å². The van der Waals surface area contributed by atoms with Crippen molar-refractivity contribution in [2.24, 2.45) is 4.99 Å². The van der Waals surface area contributed by atoms with E-state index in [0.717, 1.165) is 25.0 Å². The van der Waals surface area contributed by atoms with Crippen LogP contribution in [0.3, 0.4) is 0 Å². The Morgan fingerprint density at radius 2 is 2.19 bits per heavy atom. The average molecular weight is 225 g/mol. The zero-order valence-electron chi connectivity index (χ0n) is 10.8. The molecule has 0 aromatic carbocycles. The maximum absolute atomic E-state index is 11.2. The van der Waals surface area contributed by atoms with Gasteiger partial charge in [-0.2, -0.15) is 0 Å². The van der Waals surface area contributed by atoms with Crippen molar-refractivity contribution in [1.82, 2.24) is 10.6 Å². The summed E-state index contributed by atoms with van der Waals surface area (Å²) >= 11 is 0. The molecule has 2 amide bonds. The minimum Gasteiger partial charge on any atom is -0.338 e. The number of carbonyl (C=O) groups is 1. The van der Waals surface area contributed by atoms with Crippen LogP contribution in [0.4, 0.5) is 4.79 Å². The summed E-state index contributed by atoms with van der Waals surface area (Å²) in [5.41, 5.74) is 1.07. The van der Waals surface area contributed by atoms with E-state index in [2.05, 4.69) is 15.6 Å². The third-order valence-electron chi connectivity index (χ3n) is 1.93. The van der Waals surface area contributed by atoms with Crippen LogP contribution in [-0.4, -0.2) is 18.3 Å². The molecule has 92 valence electrons. The van der Waals surface area contributed by atoms with Crippen LogP contribution < -0.4 is 10.6 Å². The van der Waals surface area contributed by atoms with Crippen LogP contribution in [-0.2, 0) is 0 Å². The van der Waals surface area contributed by atoms with Gasteiger partial charge >= 0.3 is 6.03 Å². The molecule has 0 saturated carbocycles. The van der Waals surface area contributed by atoms with E-state index in [1.807, 2.05) is 33.8 Å². The fourth-order valence-corrected chi connectivity index (χ4v) is 1.20. The summed E-state index contributed by atoms with van der Waals surface area (Å²) in [5, 5.41) is 5.44. The van der Waals surface area contributed by atoms with E-state index >= 15 is 0 Å². The fraction of sp³-hybridized carbons (Fsp3) is 0.667. The van der Waals surface area contributed by atoms with Gasteiger partial charge in [-0.1, -0.05) is 20.8 Å². The minimum atomic E-state index is -0.170. The summed E-state index contributed by atoms with van der Waals surface area (Å²) in [5.74, 6) is 0.669. The van der Waals surface area contributed by atoms with Gasteiger partial charge < -0.3 is 5.32 Å². The van der Waals surface area contributed by atoms with E-state index in [1.54, 1.807) is 0 Å². The zero-order valence-corrected chi connectivity index (χ0v) is 10.8. The summed E-state index contributed by atoms with van der Waals surface area (Å²) in [6.07, 6.45) is 4.83. The summed E-state index contributed by atoms with van der Waals surface area (Å²) in [4.78, 5) is 15.5. The van der Waals surface area contributed by atoms with Crippen LogP contribution in [0.1, 0.15) is 47.0 Å². The second-order valence-corrected chi connectivity index (χ2v) is 3.36. The molecule has 16 heavy (non-hydrogen) atoms. The molecule has 0 unspecified atom stereocenters. The quantitative estimate of drug-likeness (QED) is 0.762. The zero-order chi connectivity index (χ0) is 12.4. The molecule has 4 heteroatoms. The molecule has 0 aromatic rings. The van der Waals surface area contributed by atoms with E-state index < -0.39 is 0 Å². The predicted octanol–water partition coefficient (Wildman–Crippen LogP) is 2.82. The van der Waals surface area contributed by atoms with Gasteiger partial charge in [0.1, 0.15) is 5.82 Å². The maximum Gasteiger partial charge on any atom is 0.320 e. The first-order chi connectivity index (χ1) is 7.72. The summed E-state index contributed by atoms with van der Waals surface area (Å²) < 4.78 is 0. The van der Waals surface area contributed by atoms with Crippen molar-refractivity contribution < 1.29 is 4.79 Å². The Hall–Kier alpha value is -1.32. The lowest BCUT2D eigenvalue weighted by Gasteiger charge is -2.11. The molecule has 0 aromatic heterocycles. The van der Waals surface area contributed by atoms with Crippen LogP contribution in [0, 0.1) is 0 Å². The number of aliphatic imine (C=N–C) groups is 1. The monoisotopic (exact) mass is 225 g/mol. The molecule has 4 nitrogen and oxygen atoms in total. The number of carbonyl (C=O) groups excluding carboxylic acids is 1. The topological polar surface area (TPSA) is 53.5 Å². The highest BCUT2D eigenvalue weighted by Gasteiger charge is 2.06. The molecular weight excluding hydrogens is 202 g/mol. The summed E-state index contributed by atoms with van der Waals surface area (Å²) in [6.45, 7) is 8.68. The lowest BCUT2D eigenvalue weighted by atomic mass is 10.2. The number of rotatable bonds is 3. The minimum absolute atomic E-state index is 0.170. The molecule has 0 bridgehead atoms. The molecule has 0 radical (unpaired) electrons. The van der Waals surface area contributed by atoms with Crippen molar-refractivity contribution in [1.29, 1.82) is 0 Å². The number of urea groups is 1. The van der Waals surface area contributed by atoms with Gasteiger partial charge in [-0.25, -0.2) is 9.79 Å². The lowest BCUT2D eigenvalue weighted by molar-refractivity contribution is 0.243. The van der Waals surface area contributed by atoms with Gasteiger partial charge in [0.2, 0.25) is 0 Å². The van der Waals surface area contributed by atoms with Crippen molar-refractivity contribution in [2.45, 2.75) is 47.0 Å². The molecule has 0 atom stereocenters. The molecule has 2 N–H and O–H groups in total. The Morgan fingerprint density at radius 1 is 1.50 bits per heavy atom. The van der Waals surface area contributed by atoms with Crippen LogP contribution in [0.15, 0.2) is 16.9 Å². The first-order valence-electron chi connectivity index (χ1n) is 6.01. The predicted molar refractivity (Wildman–Crippen MR) is 68.6 cm³/mol. The number of amides is 2. The molecule has 0 fully saturated rings. The van der Waals surface area contributed by atoms with Crippen LogP contribution in [0.2, 0.25) is 0 Å². The maximum atomic E-state index is 11.2. The van der Waals surface area contributed by atoms with Crippen molar-refractivity contribution >= 4 is 11.7 Å². The number of hydrogen-bond acceptors (Lipinski definition) is 2. The Bertz CT molecular complexity index is 269. The lowest BCUT2D eigenvalue weighted by Crippen LogP contribution is -2.35. The molecular formula is C12H23N3O. The molecule has 1 aliphatic heterocycles. The van der Waals surface area contributed by atoms with Gasteiger partial charge in [0.25, 0.3) is 0 Å². The third-order valence-corrected chi connectivity index (χ3v) is 1.93. The molecule has 1 rings (SSSR count). The Kier molecular flexibility index (Phi) is 8.21. The summed E-state index contributed by atoms with van der Waals surface area (Å²) in [7, 11) is 0. The van der Waals surface area contributed by atoms with Gasteiger partial charge in [0.05, 0.1) is 0 Å². The van der Waals surface area contributed by atoms with Crippen LogP contribution in [0.5, 0.6) is 0 Å². The van der Waals surface area contributed by atoms with Crippen LogP contribution >= 0.6 is 0 Å². The Balaban J connectivity index is 0.00000106. The Morgan fingerprint density at radius 3 is 2.75 bits per heavy atom. The van der Waals surface area contributed by atoms with Gasteiger partial charge in [0, 0.05) is 12.3 Å². The van der Waals surface area contributed by atoms with Gasteiger partial charge in [-0.15, -0.1) is 0 Å². The van der Waals surface area contributed by atoms with Gasteiger partial charge in [0.15, 0.2) is 0 Å². The van der Waals surface area contributed by atoms with Crippen molar-refractivity contribution in [2.75, 3.05) is 6.54 Å². The van der Waals surface area contributed by atoms with Crippen molar-refractivity contribution in [3.05, 3.63) is 11.9 Å². The number of hydrogen-bond donors (Lipinski definition) is 2. The highest BCUT2D eigenvalue weighted by Crippen LogP contribution is 2.07. The third kappa shape index (κ3) is 6.22. The second-order valence-electron chi connectivity index (χ2n) is 3.36. The van der Waals surface area contributed by atoms with E-state index in [0.29, 0.717) is 12.4 Å².